The van der Waals surface area contributed by atoms with E-state index in [0.717, 1.165) is 25.7 Å². The molecule has 0 aliphatic carbocycles. The van der Waals surface area contributed by atoms with E-state index in [0.29, 0.717) is 30.2 Å². The molecule has 0 saturated carbocycles. The lowest BCUT2D eigenvalue weighted by atomic mass is 10.2. The van der Waals surface area contributed by atoms with Crippen molar-refractivity contribution in [2.24, 2.45) is 0 Å². The van der Waals surface area contributed by atoms with Crippen LogP contribution < -0.4 is 0 Å². The predicted octanol–water partition coefficient (Wildman–Crippen LogP) is 3.19. The second kappa shape index (κ2) is 6.64. The molecule has 0 amide bonds. The van der Waals surface area contributed by atoms with Crippen LogP contribution in [0.3, 0.4) is 0 Å². The smallest absolute Gasteiger partial charge is 0.236 e. The van der Waals surface area contributed by atoms with Gasteiger partial charge in [0.15, 0.2) is 0 Å². The monoisotopic (exact) mass is 351 g/mol. The highest BCUT2D eigenvalue weighted by Gasteiger charge is 2.31. The van der Waals surface area contributed by atoms with Crippen LogP contribution in [0.15, 0.2) is 29.2 Å². The van der Waals surface area contributed by atoms with E-state index in [1.165, 1.54) is 12.1 Å². The molecule has 0 atom stereocenters. The minimum absolute atomic E-state index is 0.272. The number of rotatable bonds is 3. The van der Waals surface area contributed by atoms with Crippen molar-refractivity contribution < 1.29 is 12.8 Å². The van der Waals surface area contributed by atoms with Gasteiger partial charge < -0.3 is 0 Å². The standard InChI is InChI=1S/C17H22FN3O2S/c1-13-17(24(22,23)20-11-5-3-4-6-12-20)14(2)21(19-13)16-9-7-15(18)8-10-16/h7-10H,3-6,11-12H2,1-2H3. The molecule has 2 heterocycles. The van der Waals surface area contributed by atoms with Gasteiger partial charge in [0.2, 0.25) is 10.0 Å². The molecule has 2 aromatic rings. The van der Waals surface area contributed by atoms with Crippen LogP contribution in [0.2, 0.25) is 0 Å². The first-order valence-corrected chi connectivity index (χ1v) is 9.67. The van der Waals surface area contributed by atoms with Crippen molar-refractivity contribution in [2.75, 3.05) is 13.1 Å². The molecule has 1 aromatic heterocycles. The number of hydrogen-bond donors (Lipinski definition) is 0. The Morgan fingerprint density at radius 2 is 1.58 bits per heavy atom. The fourth-order valence-electron chi connectivity index (χ4n) is 3.25. The lowest BCUT2D eigenvalue weighted by molar-refractivity contribution is 0.423. The van der Waals surface area contributed by atoms with Crippen LogP contribution in [0.1, 0.15) is 37.1 Å². The summed E-state index contributed by atoms with van der Waals surface area (Å²) in [5.41, 5.74) is 1.68. The van der Waals surface area contributed by atoms with Gasteiger partial charge in [-0.05, 0) is 51.0 Å². The molecule has 1 fully saturated rings. The molecule has 130 valence electrons. The van der Waals surface area contributed by atoms with Crippen molar-refractivity contribution in [1.29, 1.82) is 0 Å². The maximum Gasteiger partial charge on any atom is 0.246 e. The van der Waals surface area contributed by atoms with Gasteiger partial charge in [-0.15, -0.1) is 0 Å². The van der Waals surface area contributed by atoms with Crippen LogP contribution in [0.4, 0.5) is 4.39 Å². The van der Waals surface area contributed by atoms with Crippen molar-refractivity contribution in [1.82, 2.24) is 14.1 Å². The molecule has 0 unspecified atom stereocenters. The summed E-state index contributed by atoms with van der Waals surface area (Å²) in [5.74, 6) is -0.335. The molecule has 0 spiro atoms. The molecule has 1 aliphatic heterocycles. The van der Waals surface area contributed by atoms with Crippen LogP contribution in [0.25, 0.3) is 5.69 Å². The topological polar surface area (TPSA) is 55.2 Å². The minimum Gasteiger partial charge on any atom is -0.236 e. The Balaban J connectivity index is 2.03. The molecular weight excluding hydrogens is 329 g/mol. The Morgan fingerprint density at radius 3 is 2.17 bits per heavy atom. The summed E-state index contributed by atoms with van der Waals surface area (Å²) in [6.07, 6.45) is 3.92. The Bertz CT molecular complexity index is 820. The second-order valence-corrected chi connectivity index (χ2v) is 8.08. The van der Waals surface area contributed by atoms with Crippen molar-refractivity contribution >= 4 is 10.0 Å². The largest absolute Gasteiger partial charge is 0.246 e. The average molecular weight is 351 g/mol. The van der Waals surface area contributed by atoms with Crippen LogP contribution in [-0.2, 0) is 10.0 Å². The number of hydrogen-bond acceptors (Lipinski definition) is 3. The zero-order valence-corrected chi connectivity index (χ0v) is 14.8. The van der Waals surface area contributed by atoms with Gasteiger partial charge in [0.25, 0.3) is 0 Å². The first-order chi connectivity index (χ1) is 11.4. The van der Waals surface area contributed by atoms with Gasteiger partial charge in [-0.2, -0.15) is 9.40 Å². The highest BCUT2D eigenvalue weighted by Crippen LogP contribution is 2.27. The van der Waals surface area contributed by atoms with Crippen molar-refractivity contribution in [3.63, 3.8) is 0 Å². The molecule has 7 heteroatoms. The van der Waals surface area contributed by atoms with E-state index >= 15 is 0 Å². The third-order valence-electron chi connectivity index (χ3n) is 4.46. The Kier molecular flexibility index (Phi) is 4.73. The molecule has 24 heavy (non-hydrogen) atoms. The normalized spacial score (nSPS) is 17.0. The summed E-state index contributed by atoms with van der Waals surface area (Å²) in [6.45, 7) is 4.57. The molecule has 5 nitrogen and oxygen atoms in total. The van der Waals surface area contributed by atoms with Crippen molar-refractivity contribution in [3.8, 4) is 5.69 Å². The van der Waals surface area contributed by atoms with Crippen molar-refractivity contribution in [2.45, 2.75) is 44.4 Å². The van der Waals surface area contributed by atoms with E-state index in [4.69, 9.17) is 0 Å². The molecule has 1 aliphatic rings. The van der Waals surface area contributed by atoms with Gasteiger partial charge in [0, 0.05) is 13.1 Å². The molecule has 3 rings (SSSR count). The average Bonchev–Trinajstić information content (AvgIpc) is 2.73. The van der Waals surface area contributed by atoms with Crippen LogP contribution in [-0.4, -0.2) is 35.6 Å². The third-order valence-corrected chi connectivity index (χ3v) is 6.61. The van der Waals surface area contributed by atoms with E-state index < -0.39 is 10.0 Å². The van der Waals surface area contributed by atoms with E-state index in [-0.39, 0.29) is 10.7 Å². The highest BCUT2D eigenvalue weighted by atomic mass is 32.2. The Labute approximate surface area is 142 Å². The van der Waals surface area contributed by atoms with Crippen LogP contribution in [0, 0.1) is 19.7 Å². The molecule has 1 saturated heterocycles. The highest BCUT2D eigenvalue weighted by molar-refractivity contribution is 7.89. The van der Waals surface area contributed by atoms with Gasteiger partial charge in [0.1, 0.15) is 10.7 Å². The first-order valence-electron chi connectivity index (χ1n) is 8.23. The van der Waals surface area contributed by atoms with Gasteiger partial charge >= 0.3 is 0 Å². The van der Waals surface area contributed by atoms with Gasteiger partial charge in [-0.3, -0.25) is 0 Å². The van der Waals surface area contributed by atoms with Gasteiger partial charge in [-0.25, -0.2) is 17.5 Å². The Hall–Kier alpha value is -1.73. The van der Waals surface area contributed by atoms with Crippen molar-refractivity contribution in [3.05, 3.63) is 41.5 Å². The van der Waals surface area contributed by atoms with Gasteiger partial charge in [0.05, 0.1) is 17.1 Å². The lowest BCUT2D eigenvalue weighted by Gasteiger charge is -2.20. The molecule has 0 bridgehead atoms. The van der Waals surface area contributed by atoms with E-state index in [1.54, 1.807) is 35.0 Å². The zero-order valence-electron chi connectivity index (χ0n) is 14.0. The SMILES string of the molecule is Cc1nn(-c2ccc(F)cc2)c(C)c1S(=O)(=O)N1CCCCCC1. The first kappa shape index (κ1) is 17.1. The summed E-state index contributed by atoms with van der Waals surface area (Å²) in [5, 5.41) is 4.38. The molecular formula is C17H22FN3O2S. The number of aromatic nitrogens is 2. The number of halogens is 1. The summed E-state index contributed by atoms with van der Waals surface area (Å²) in [6, 6.07) is 5.87. The lowest BCUT2D eigenvalue weighted by Crippen LogP contribution is -2.32. The van der Waals surface area contributed by atoms with Crippen LogP contribution >= 0.6 is 0 Å². The fraction of sp³-hybridized carbons (Fsp3) is 0.471. The predicted molar refractivity (Wildman–Crippen MR) is 90.2 cm³/mol. The third kappa shape index (κ3) is 3.10. The number of sulfonamides is 1. The fourth-order valence-corrected chi connectivity index (χ4v) is 5.12. The number of benzene rings is 1. The summed E-state index contributed by atoms with van der Waals surface area (Å²) < 4.78 is 42.5. The molecule has 0 N–H and O–H groups in total. The van der Waals surface area contributed by atoms with E-state index in [9.17, 15) is 12.8 Å². The minimum atomic E-state index is -3.57. The molecule has 1 aromatic carbocycles. The maximum atomic E-state index is 13.1. The molecule has 0 radical (unpaired) electrons. The van der Waals surface area contributed by atoms with Gasteiger partial charge in [-0.1, -0.05) is 12.8 Å². The van der Waals surface area contributed by atoms with E-state index in [2.05, 4.69) is 5.10 Å². The number of nitrogens with zero attached hydrogens (tertiary/aromatic N) is 3. The zero-order chi connectivity index (χ0) is 17.3. The summed E-state index contributed by atoms with van der Waals surface area (Å²) in [4.78, 5) is 0.272. The van der Waals surface area contributed by atoms with E-state index in [1.807, 2.05) is 0 Å². The van der Waals surface area contributed by atoms with Crippen LogP contribution in [0.5, 0.6) is 0 Å². The quantitative estimate of drug-likeness (QED) is 0.853. The summed E-state index contributed by atoms with van der Waals surface area (Å²) in [7, 11) is -3.57. The summed E-state index contributed by atoms with van der Waals surface area (Å²) >= 11 is 0. The number of aryl methyl sites for hydroxylation is 1. The second-order valence-electron chi connectivity index (χ2n) is 6.21. The Morgan fingerprint density at radius 1 is 1.00 bits per heavy atom. The maximum absolute atomic E-state index is 13.1.